The van der Waals surface area contributed by atoms with Crippen molar-refractivity contribution in [1.29, 1.82) is 0 Å². The summed E-state index contributed by atoms with van der Waals surface area (Å²) in [4.78, 5) is 24.7. The number of para-hydroxylation sites is 2. The van der Waals surface area contributed by atoms with E-state index in [2.05, 4.69) is 26.1 Å². The minimum Gasteiger partial charge on any atom is -0.481 e. The van der Waals surface area contributed by atoms with Crippen LogP contribution in [0.15, 0.2) is 48.5 Å². The highest BCUT2D eigenvalue weighted by Gasteiger charge is 2.23. The van der Waals surface area contributed by atoms with Gasteiger partial charge in [0.05, 0.1) is 17.9 Å². The number of nitrogens with one attached hydrogen (secondary N) is 1. The van der Waals surface area contributed by atoms with Crippen LogP contribution in [0.3, 0.4) is 0 Å². The van der Waals surface area contributed by atoms with Crippen molar-refractivity contribution in [2.75, 3.05) is 11.9 Å². The Hall–Kier alpha value is -2.82. The fraction of sp³-hybridized carbons (Fsp3) is 0.364. The smallest absolute Gasteiger partial charge is 0.340 e. The van der Waals surface area contributed by atoms with Crippen molar-refractivity contribution in [3.05, 3.63) is 59.7 Å². The molecule has 27 heavy (non-hydrogen) atoms. The summed E-state index contributed by atoms with van der Waals surface area (Å²) in [6, 6.07) is 14.4. The van der Waals surface area contributed by atoms with Gasteiger partial charge < -0.3 is 14.8 Å². The van der Waals surface area contributed by atoms with E-state index in [-0.39, 0.29) is 17.9 Å². The minimum absolute atomic E-state index is 0.108. The molecule has 0 saturated heterocycles. The lowest BCUT2D eigenvalue weighted by Crippen LogP contribution is -2.31. The van der Waals surface area contributed by atoms with Crippen molar-refractivity contribution >= 4 is 17.6 Å². The van der Waals surface area contributed by atoms with Gasteiger partial charge in [-0.2, -0.15) is 0 Å². The van der Waals surface area contributed by atoms with E-state index in [1.54, 1.807) is 38.1 Å². The fourth-order valence-electron chi connectivity index (χ4n) is 2.65. The number of carbonyl (C=O) groups excluding carboxylic acids is 2. The number of benzene rings is 2. The highest BCUT2D eigenvalue weighted by atomic mass is 16.5. The van der Waals surface area contributed by atoms with E-state index < -0.39 is 12.1 Å². The molecular formula is C22H27NO4. The number of rotatable bonds is 6. The summed E-state index contributed by atoms with van der Waals surface area (Å²) in [6.07, 6.45) is -0.733. The summed E-state index contributed by atoms with van der Waals surface area (Å²) in [5, 5.41) is 2.76. The molecule has 1 atom stereocenters. The van der Waals surface area contributed by atoms with E-state index in [0.29, 0.717) is 17.0 Å². The number of hydrogen-bond acceptors (Lipinski definition) is 4. The lowest BCUT2D eigenvalue weighted by Gasteiger charge is -2.24. The molecule has 0 aliphatic heterocycles. The normalized spacial score (nSPS) is 12.2. The molecule has 0 radical (unpaired) electrons. The van der Waals surface area contributed by atoms with E-state index in [1.807, 2.05) is 24.3 Å². The van der Waals surface area contributed by atoms with Crippen molar-refractivity contribution in [1.82, 2.24) is 0 Å². The average Bonchev–Trinajstić information content (AvgIpc) is 2.61. The van der Waals surface area contributed by atoms with Crippen molar-refractivity contribution < 1.29 is 19.1 Å². The maximum atomic E-state index is 12.6. The number of carbonyl (C=O) groups is 2. The van der Waals surface area contributed by atoms with Crippen molar-refractivity contribution in [3.63, 3.8) is 0 Å². The topological polar surface area (TPSA) is 64.6 Å². The number of hydrogen-bond donors (Lipinski definition) is 1. The Morgan fingerprint density at radius 1 is 1.04 bits per heavy atom. The van der Waals surface area contributed by atoms with Gasteiger partial charge in [-0.3, -0.25) is 4.79 Å². The Kier molecular flexibility index (Phi) is 6.61. The molecule has 2 aromatic carbocycles. The van der Waals surface area contributed by atoms with Crippen molar-refractivity contribution in [3.8, 4) is 5.75 Å². The first-order valence-electron chi connectivity index (χ1n) is 9.07. The zero-order valence-corrected chi connectivity index (χ0v) is 16.5. The number of ether oxygens (including phenoxy) is 2. The van der Waals surface area contributed by atoms with E-state index in [0.717, 1.165) is 5.56 Å². The van der Waals surface area contributed by atoms with E-state index in [9.17, 15) is 9.59 Å². The molecule has 1 unspecified atom stereocenters. The standard InChI is InChI=1S/C22H27NO4/c1-6-26-21(25)16-11-7-9-13-18(16)23-20(24)15(2)27-19-14-10-8-12-17(19)22(3,4)5/h7-15H,6H2,1-5H3,(H,23,24). The lowest BCUT2D eigenvalue weighted by molar-refractivity contribution is -0.122. The van der Waals surface area contributed by atoms with Gasteiger partial charge in [0.2, 0.25) is 0 Å². The summed E-state index contributed by atoms with van der Waals surface area (Å²) in [5.74, 6) is -0.137. The molecule has 5 nitrogen and oxygen atoms in total. The third-order valence-corrected chi connectivity index (χ3v) is 4.05. The van der Waals surface area contributed by atoms with Gasteiger partial charge in [0.1, 0.15) is 5.75 Å². The van der Waals surface area contributed by atoms with Gasteiger partial charge in [0.15, 0.2) is 6.10 Å². The quantitative estimate of drug-likeness (QED) is 0.758. The van der Waals surface area contributed by atoms with Gasteiger partial charge in [0.25, 0.3) is 5.91 Å². The number of esters is 1. The largest absolute Gasteiger partial charge is 0.481 e. The van der Waals surface area contributed by atoms with Crippen LogP contribution in [0.1, 0.15) is 50.5 Å². The van der Waals surface area contributed by atoms with E-state index in [1.165, 1.54) is 0 Å². The summed E-state index contributed by atoms with van der Waals surface area (Å²) in [6.45, 7) is 9.97. The molecule has 0 aromatic heterocycles. The van der Waals surface area contributed by atoms with Gasteiger partial charge in [-0.15, -0.1) is 0 Å². The molecule has 0 saturated carbocycles. The molecule has 0 fully saturated rings. The molecule has 0 bridgehead atoms. The zero-order valence-electron chi connectivity index (χ0n) is 16.5. The first-order valence-corrected chi connectivity index (χ1v) is 9.07. The van der Waals surface area contributed by atoms with Gasteiger partial charge in [-0.25, -0.2) is 4.79 Å². The predicted molar refractivity (Wildman–Crippen MR) is 106 cm³/mol. The Bertz CT molecular complexity index is 808. The molecule has 0 aliphatic rings. The second kappa shape index (κ2) is 8.71. The van der Waals surface area contributed by atoms with Gasteiger partial charge in [0, 0.05) is 0 Å². The average molecular weight is 369 g/mol. The predicted octanol–water partition coefficient (Wildman–Crippen LogP) is 4.57. The zero-order chi connectivity index (χ0) is 20.0. The molecule has 1 amide bonds. The fourth-order valence-corrected chi connectivity index (χ4v) is 2.65. The summed E-state index contributed by atoms with van der Waals surface area (Å²) >= 11 is 0. The maximum absolute atomic E-state index is 12.6. The molecule has 0 heterocycles. The monoisotopic (exact) mass is 369 g/mol. The van der Waals surface area contributed by atoms with Crippen LogP contribution in [0.25, 0.3) is 0 Å². The lowest BCUT2D eigenvalue weighted by atomic mass is 9.86. The first kappa shape index (κ1) is 20.5. The Labute approximate surface area is 160 Å². The van der Waals surface area contributed by atoms with E-state index >= 15 is 0 Å². The highest BCUT2D eigenvalue weighted by Crippen LogP contribution is 2.31. The van der Waals surface area contributed by atoms with Gasteiger partial charge in [-0.05, 0) is 43.0 Å². The van der Waals surface area contributed by atoms with E-state index in [4.69, 9.17) is 9.47 Å². The van der Waals surface area contributed by atoms with Crippen LogP contribution < -0.4 is 10.1 Å². The SMILES string of the molecule is CCOC(=O)c1ccccc1NC(=O)C(C)Oc1ccccc1C(C)(C)C. The molecule has 1 N–H and O–H groups in total. The van der Waals surface area contributed by atoms with Crippen LogP contribution >= 0.6 is 0 Å². The summed E-state index contributed by atoms with van der Waals surface area (Å²) in [5.41, 5.74) is 1.63. The van der Waals surface area contributed by atoms with Crippen LogP contribution in [0.4, 0.5) is 5.69 Å². The summed E-state index contributed by atoms with van der Waals surface area (Å²) in [7, 11) is 0. The highest BCUT2D eigenvalue weighted by molar-refractivity contribution is 6.02. The Morgan fingerprint density at radius 3 is 2.33 bits per heavy atom. The van der Waals surface area contributed by atoms with Crippen LogP contribution in [-0.4, -0.2) is 24.6 Å². The molecule has 2 rings (SSSR count). The Morgan fingerprint density at radius 2 is 1.67 bits per heavy atom. The molecular weight excluding hydrogens is 342 g/mol. The number of amides is 1. The number of anilines is 1. The maximum Gasteiger partial charge on any atom is 0.340 e. The van der Waals surface area contributed by atoms with Gasteiger partial charge >= 0.3 is 5.97 Å². The van der Waals surface area contributed by atoms with Crippen LogP contribution in [0, 0.1) is 0 Å². The summed E-state index contributed by atoms with van der Waals surface area (Å²) < 4.78 is 11.0. The van der Waals surface area contributed by atoms with Crippen LogP contribution in [0.5, 0.6) is 5.75 Å². The molecule has 0 spiro atoms. The first-order chi connectivity index (χ1) is 12.7. The molecule has 5 heteroatoms. The second-order valence-electron chi connectivity index (χ2n) is 7.26. The third-order valence-electron chi connectivity index (χ3n) is 4.05. The van der Waals surface area contributed by atoms with Crippen LogP contribution in [0.2, 0.25) is 0 Å². The molecule has 0 aliphatic carbocycles. The van der Waals surface area contributed by atoms with Crippen LogP contribution in [-0.2, 0) is 14.9 Å². The second-order valence-corrected chi connectivity index (χ2v) is 7.26. The van der Waals surface area contributed by atoms with Crippen molar-refractivity contribution in [2.24, 2.45) is 0 Å². The molecule has 144 valence electrons. The third kappa shape index (κ3) is 5.33. The minimum atomic E-state index is -0.733. The van der Waals surface area contributed by atoms with Gasteiger partial charge in [-0.1, -0.05) is 51.1 Å². The molecule has 2 aromatic rings. The van der Waals surface area contributed by atoms with Crippen molar-refractivity contribution in [2.45, 2.75) is 46.1 Å². The Balaban J connectivity index is 2.16.